The van der Waals surface area contributed by atoms with Crippen molar-refractivity contribution in [2.24, 2.45) is 0 Å². The SMILES string of the molecule is CS(=O)(=O)c1cccc(NC(=O)c2ccc(-n3cccn3)cc2)c1. The first-order valence-corrected chi connectivity index (χ1v) is 9.04. The summed E-state index contributed by atoms with van der Waals surface area (Å²) in [7, 11) is -3.32. The van der Waals surface area contributed by atoms with Gasteiger partial charge in [0.15, 0.2) is 9.84 Å². The van der Waals surface area contributed by atoms with Gasteiger partial charge in [0, 0.05) is 29.9 Å². The Labute approximate surface area is 139 Å². The Balaban J connectivity index is 1.78. The molecule has 1 amide bonds. The second-order valence-electron chi connectivity index (χ2n) is 5.25. The van der Waals surface area contributed by atoms with E-state index in [-0.39, 0.29) is 10.8 Å². The molecular formula is C17H15N3O3S. The molecule has 1 N–H and O–H groups in total. The van der Waals surface area contributed by atoms with Gasteiger partial charge in [-0.05, 0) is 48.5 Å². The highest BCUT2D eigenvalue weighted by Crippen LogP contribution is 2.17. The number of benzene rings is 2. The Hall–Kier alpha value is -2.93. The maximum absolute atomic E-state index is 12.3. The standard InChI is InChI=1S/C17H15N3O3S/c1-24(22,23)16-5-2-4-14(12-16)19-17(21)13-6-8-15(9-7-13)20-11-3-10-18-20/h2-12H,1H3,(H,19,21). The van der Waals surface area contributed by atoms with Crippen molar-refractivity contribution in [1.29, 1.82) is 0 Å². The number of amides is 1. The summed E-state index contributed by atoms with van der Waals surface area (Å²) < 4.78 is 24.8. The Bertz CT molecular complexity index is 963. The Morgan fingerprint density at radius 3 is 2.46 bits per heavy atom. The Morgan fingerprint density at radius 2 is 1.83 bits per heavy atom. The molecule has 0 spiro atoms. The molecule has 0 saturated carbocycles. The van der Waals surface area contributed by atoms with Crippen LogP contribution in [0.25, 0.3) is 5.69 Å². The maximum Gasteiger partial charge on any atom is 0.255 e. The number of hydrogen-bond donors (Lipinski definition) is 1. The van der Waals surface area contributed by atoms with E-state index in [9.17, 15) is 13.2 Å². The van der Waals surface area contributed by atoms with Crippen LogP contribution in [-0.2, 0) is 9.84 Å². The summed E-state index contributed by atoms with van der Waals surface area (Å²) in [4.78, 5) is 12.5. The molecule has 3 aromatic rings. The predicted octanol–water partition coefficient (Wildman–Crippen LogP) is 2.53. The molecule has 0 bridgehead atoms. The normalized spacial score (nSPS) is 11.2. The van der Waals surface area contributed by atoms with E-state index in [4.69, 9.17) is 0 Å². The van der Waals surface area contributed by atoms with Crippen LogP contribution in [0.4, 0.5) is 5.69 Å². The first-order valence-electron chi connectivity index (χ1n) is 7.15. The average molecular weight is 341 g/mol. The molecule has 2 aromatic carbocycles. The molecule has 0 radical (unpaired) electrons. The van der Waals surface area contributed by atoms with Crippen molar-refractivity contribution >= 4 is 21.4 Å². The molecule has 0 unspecified atom stereocenters. The lowest BCUT2D eigenvalue weighted by atomic mass is 10.2. The number of nitrogens with one attached hydrogen (secondary N) is 1. The molecule has 6 nitrogen and oxygen atoms in total. The highest BCUT2D eigenvalue weighted by atomic mass is 32.2. The van der Waals surface area contributed by atoms with Crippen molar-refractivity contribution in [2.45, 2.75) is 4.90 Å². The number of anilines is 1. The molecule has 3 rings (SSSR count). The van der Waals surface area contributed by atoms with Crippen molar-refractivity contribution in [3.63, 3.8) is 0 Å². The molecule has 1 heterocycles. The third kappa shape index (κ3) is 3.52. The minimum atomic E-state index is -3.32. The van der Waals surface area contributed by atoms with Crippen LogP contribution >= 0.6 is 0 Å². The van der Waals surface area contributed by atoms with Crippen LogP contribution in [0.2, 0.25) is 0 Å². The van der Waals surface area contributed by atoms with Crippen molar-refractivity contribution in [3.8, 4) is 5.69 Å². The fraction of sp³-hybridized carbons (Fsp3) is 0.0588. The molecule has 24 heavy (non-hydrogen) atoms. The van der Waals surface area contributed by atoms with Crippen LogP contribution in [0.3, 0.4) is 0 Å². The van der Waals surface area contributed by atoms with Gasteiger partial charge in [-0.1, -0.05) is 6.07 Å². The minimum Gasteiger partial charge on any atom is -0.322 e. The fourth-order valence-electron chi connectivity index (χ4n) is 2.19. The summed E-state index contributed by atoms with van der Waals surface area (Å²) in [5.74, 6) is -0.312. The zero-order valence-electron chi connectivity index (χ0n) is 12.9. The molecule has 7 heteroatoms. The van der Waals surface area contributed by atoms with E-state index in [2.05, 4.69) is 10.4 Å². The van der Waals surface area contributed by atoms with Crippen molar-refractivity contribution < 1.29 is 13.2 Å². The lowest BCUT2D eigenvalue weighted by Crippen LogP contribution is -2.12. The molecular weight excluding hydrogens is 326 g/mol. The minimum absolute atomic E-state index is 0.161. The summed E-state index contributed by atoms with van der Waals surface area (Å²) in [6.45, 7) is 0. The lowest BCUT2D eigenvalue weighted by molar-refractivity contribution is 0.102. The van der Waals surface area contributed by atoms with Gasteiger partial charge in [0.1, 0.15) is 0 Å². The summed E-state index contributed by atoms with van der Waals surface area (Å²) in [5, 5.41) is 6.82. The van der Waals surface area contributed by atoms with Crippen molar-refractivity contribution in [3.05, 3.63) is 72.6 Å². The van der Waals surface area contributed by atoms with Gasteiger partial charge in [0.2, 0.25) is 0 Å². The fourth-order valence-corrected chi connectivity index (χ4v) is 2.86. The molecule has 0 atom stereocenters. The molecule has 1 aromatic heterocycles. The zero-order valence-corrected chi connectivity index (χ0v) is 13.7. The third-order valence-corrected chi connectivity index (χ3v) is 4.53. The number of carbonyl (C=O) groups is 1. The first kappa shape index (κ1) is 15.9. The summed E-state index contributed by atoms with van der Waals surface area (Å²) in [5.41, 5.74) is 1.74. The van der Waals surface area contributed by atoms with Crippen LogP contribution in [0, 0.1) is 0 Å². The summed E-state index contributed by atoms with van der Waals surface area (Å²) >= 11 is 0. The van der Waals surface area contributed by atoms with E-state index in [0.29, 0.717) is 11.3 Å². The van der Waals surface area contributed by atoms with Gasteiger partial charge >= 0.3 is 0 Å². The van der Waals surface area contributed by atoms with Crippen molar-refractivity contribution in [2.75, 3.05) is 11.6 Å². The maximum atomic E-state index is 12.3. The summed E-state index contributed by atoms with van der Waals surface area (Å²) in [6, 6.07) is 14.9. The topological polar surface area (TPSA) is 81.1 Å². The van der Waals surface area contributed by atoms with Crippen molar-refractivity contribution in [1.82, 2.24) is 9.78 Å². The van der Waals surface area contributed by atoms with E-state index >= 15 is 0 Å². The molecule has 0 aliphatic carbocycles. The predicted molar refractivity (Wildman–Crippen MR) is 91.1 cm³/mol. The highest BCUT2D eigenvalue weighted by Gasteiger charge is 2.10. The van der Waals surface area contributed by atoms with E-state index in [1.807, 2.05) is 12.3 Å². The smallest absolute Gasteiger partial charge is 0.255 e. The molecule has 0 fully saturated rings. The van der Waals surface area contributed by atoms with Crippen LogP contribution < -0.4 is 5.32 Å². The zero-order chi connectivity index (χ0) is 17.2. The number of aromatic nitrogens is 2. The van der Waals surface area contributed by atoms with E-state index in [1.54, 1.807) is 47.3 Å². The van der Waals surface area contributed by atoms with Gasteiger partial charge in [-0.25, -0.2) is 13.1 Å². The summed E-state index contributed by atoms with van der Waals surface area (Å²) in [6.07, 6.45) is 4.61. The second-order valence-corrected chi connectivity index (χ2v) is 7.27. The Kier molecular flexibility index (Phi) is 4.18. The quantitative estimate of drug-likeness (QED) is 0.791. The highest BCUT2D eigenvalue weighted by molar-refractivity contribution is 7.90. The lowest BCUT2D eigenvalue weighted by Gasteiger charge is -2.08. The van der Waals surface area contributed by atoms with Crippen LogP contribution in [0.5, 0.6) is 0 Å². The third-order valence-electron chi connectivity index (χ3n) is 3.42. The van der Waals surface area contributed by atoms with E-state index in [1.165, 1.54) is 12.1 Å². The number of nitrogens with zero attached hydrogens (tertiary/aromatic N) is 2. The number of rotatable bonds is 4. The van der Waals surface area contributed by atoms with Gasteiger partial charge < -0.3 is 5.32 Å². The molecule has 122 valence electrons. The number of sulfone groups is 1. The molecule has 0 saturated heterocycles. The van der Waals surface area contributed by atoms with Crippen LogP contribution in [-0.4, -0.2) is 30.4 Å². The van der Waals surface area contributed by atoms with Crippen LogP contribution in [0.15, 0.2) is 71.9 Å². The number of carbonyl (C=O) groups excluding carboxylic acids is 1. The largest absolute Gasteiger partial charge is 0.322 e. The number of hydrogen-bond acceptors (Lipinski definition) is 4. The van der Waals surface area contributed by atoms with Crippen LogP contribution in [0.1, 0.15) is 10.4 Å². The van der Waals surface area contributed by atoms with Gasteiger partial charge in [0.05, 0.1) is 10.6 Å². The van der Waals surface area contributed by atoms with E-state index in [0.717, 1.165) is 11.9 Å². The Morgan fingerprint density at radius 1 is 1.08 bits per heavy atom. The van der Waals surface area contributed by atoms with Gasteiger partial charge in [-0.15, -0.1) is 0 Å². The van der Waals surface area contributed by atoms with E-state index < -0.39 is 9.84 Å². The van der Waals surface area contributed by atoms with Gasteiger partial charge in [-0.2, -0.15) is 5.10 Å². The van der Waals surface area contributed by atoms with Gasteiger partial charge in [-0.3, -0.25) is 4.79 Å². The first-order chi connectivity index (χ1) is 11.4. The monoisotopic (exact) mass is 341 g/mol. The average Bonchev–Trinajstić information content (AvgIpc) is 3.09. The molecule has 0 aliphatic heterocycles. The van der Waals surface area contributed by atoms with Gasteiger partial charge in [0.25, 0.3) is 5.91 Å². The second kappa shape index (κ2) is 6.29. The molecule has 0 aliphatic rings.